The normalized spacial score (nSPS) is 12.3. The Balaban J connectivity index is 2.61. The van der Waals surface area contributed by atoms with Crippen molar-refractivity contribution in [3.8, 4) is 5.88 Å². The smallest absolute Gasteiger partial charge is 0.442 e. The number of aromatic nitrogens is 2. The lowest BCUT2D eigenvalue weighted by Crippen LogP contribution is -2.27. The van der Waals surface area contributed by atoms with Crippen molar-refractivity contribution >= 4 is 6.09 Å². The minimum absolute atomic E-state index is 0.516. The zero-order chi connectivity index (χ0) is 14.0. The molecule has 1 rings (SSSR count). The van der Waals surface area contributed by atoms with Crippen LogP contribution in [0.2, 0.25) is 0 Å². The molecule has 0 bridgehead atoms. The molecule has 1 heterocycles. The van der Waals surface area contributed by atoms with Crippen LogP contribution >= 0.6 is 0 Å². The SMILES string of the molecule is CC(C)(C)OC(=O)n1ccc(OOC(F)(F)F)n1. The Morgan fingerprint density at radius 3 is 2.44 bits per heavy atom. The molecule has 0 saturated heterocycles. The van der Waals surface area contributed by atoms with E-state index in [-0.39, 0.29) is 0 Å². The summed E-state index contributed by atoms with van der Waals surface area (Å²) < 4.78 is 40.6. The summed E-state index contributed by atoms with van der Waals surface area (Å²) in [6.45, 7) is 4.91. The van der Waals surface area contributed by atoms with Gasteiger partial charge in [0, 0.05) is 12.3 Å². The summed E-state index contributed by atoms with van der Waals surface area (Å²) in [6, 6.07) is 1.02. The Bertz CT molecular complexity index is 422. The van der Waals surface area contributed by atoms with Gasteiger partial charge in [-0.1, -0.05) is 4.89 Å². The third-order valence-corrected chi connectivity index (χ3v) is 1.37. The number of alkyl halides is 3. The van der Waals surface area contributed by atoms with E-state index in [1.54, 1.807) is 20.8 Å². The van der Waals surface area contributed by atoms with Crippen molar-refractivity contribution in [2.75, 3.05) is 0 Å². The van der Waals surface area contributed by atoms with Gasteiger partial charge in [0.05, 0.1) is 0 Å². The summed E-state index contributed by atoms with van der Waals surface area (Å²) in [4.78, 5) is 18.4. The van der Waals surface area contributed by atoms with Crippen molar-refractivity contribution in [3.05, 3.63) is 12.3 Å². The molecule has 18 heavy (non-hydrogen) atoms. The Morgan fingerprint density at radius 2 is 1.94 bits per heavy atom. The van der Waals surface area contributed by atoms with E-state index in [2.05, 4.69) is 14.9 Å². The molecule has 0 spiro atoms. The number of hydrogen-bond donors (Lipinski definition) is 0. The highest BCUT2D eigenvalue weighted by molar-refractivity contribution is 5.69. The van der Waals surface area contributed by atoms with E-state index in [4.69, 9.17) is 4.74 Å². The molecule has 0 unspecified atom stereocenters. The fourth-order valence-corrected chi connectivity index (χ4v) is 0.852. The van der Waals surface area contributed by atoms with Gasteiger partial charge in [-0.05, 0) is 20.8 Å². The van der Waals surface area contributed by atoms with Gasteiger partial charge >= 0.3 is 12.5 Å². The van der Waals surface area contributed by atoms with Crippen molar-refractivity contribution in [1.29, 1.82) is 0 Å². The minimum atomic E-state index is -4.95. The lowest BCUT2D eigenvalue weighted by atomic mass is 10.2. The van der Waals surface area contributed by atoms with Crippen molar-refractivity contribution < 1.29 is 32.5 Å². The van der Waals surface area contributed by atoms with Crippen LogP contribution in [0, 0.1) is 0 Å². The van der Waals surface area contributed by atoms with E-state index >= 15 is 0 Å². The third kappa shape index (κ3) is 5.04. The van der Waals surface area contributed by atoms with Crippen molar-refractivity contribution in [2.24, 2.45) is 0 Å². The Kier molecular flexibility index (Phi) is 3.85. The lowest BCUT2D eigenvalue weighted by Gasteiger charge is -2.18. The Labute approximate surface area is 100 Å². The average Bonchev–Trinajstić information content (AvgIpc) is 2.58. The van der Waals surface area contributed by atoms with Crippen LogP contribution in [0.3, 0.4) is 0 Å². The summed E-state index contributed by atoms with van der Waals surface area (Å²) in [5.74, 6) is -0.516. The maximum Gasteiger partial charge on any atom is 0.558 e. The van der Waals surface area contributed by atoms with Gasteiger partial charge in [-0.15, -0.1) is 18.3 Å². The van der Waals surface area contributed by atoms with E-state index in [0.717, 1.165) is 12.3 Å². The number of ether oxygens (including phenoxy) is 1. The molecule has 0 N–H and O–H groups in total. The van der Waals surface area contributed by atoms with Gasteiger partial charge < -0.3 is 9.62 Å². The van der Waals surface area contributed by atoms with Crippen molar-refractivity contribution in [2.45, 2.75) is 32.7 Å². The highest BCUT2D eigenvalue weighted by atomic mass is 19.4. The lowest BCUT2D eigenvalue weighted by molar-refractivity contribution is -0.445. The van der Waals surface area contributed by atoms with E-state index in [1.807, 2.05) is 0 Å². The molecule has 0 aliphatic heterocycles. The molecule has 6 nitrogen and oxygen atoms in total. The third-order valence-electron chi connectivity index (χ3n) is 1.37. The van der Waals surface area contributed by atoms with Crippen LogP contribution < -0.4 is 4.89 Å². The second kappa shape index (κ2) is 4.84. The number of carbonyl (C=O) groups is 1. The van der Waals surface area contributed by atoms with Gasteiger partial charge in [0.15, 0.2) is 0 Å². The molecule has 0 saturated carbocycles. The van der Waals surface area contributed by atoms with Gasteiger partial charge in [0.25, 0.3) is 5.88 Å². The summed E-state index contributed by atoms with van der Waals surface area (Å²) in [7, 11) is 0. The van der Waals surface area contributed by atoms with Gasteiger partial charge in [-0.25, -0.2) is 4.79 Å². The molecule has 102 valence electrons. The summed E-state index contributed by atoms with van der Waals surface area (Å²) >= 11 is 0. The fourth-order valence-electron chi connectivity index (χ4n) is 0.852. The maximum absolute atomic E-state index is 11.7. The van der Waals surface area contributed by atoms with Gasteiger partial charge in [0.1, 0.15) is 5.60 Å². The zero-order valence-corrected chi connectivity index (χ0v) is 9.82. The highest BCUT2D eigenvalue weighted by Gasteiger charge is 2.32. The van der Waals surface area contributed by atoms with Crippen molar-refractivity contribution in [1.82, 2.24) is 9.78 Å². The molecular weight excluding hydrogens is 257 g/mol. The predicted octanol–water partition coefficient (Wildman–Crippen LogP) is 2.50. The van der Waals surface area contributed by atoms with Crippen LogP contribution in [0.5, 0.6) is 5.88 Å². The van der Waals surface area contributed by atoms with Crippen molar-refractivity contribution in [3.63, 3.8) is 0 Å². The first-order valence-electron chi connectivity index (χ1n) is 4.78. The van der Waals surface area contributed by atoms with E-state index in [0.29, 0.717) is 4.68 Å². The first-order chi connectivity index (χ1) is 8.07. The summed E-state index contributed by atoms with van der Waals surface area (Å²) in [6.07, 6.45) is -4.71. The quantitative estimate of drug-likeness (QED) is 0.609. The summed E-state index contributed by atoms with van der Waals surface area (Å²) in [5, 5.41) is 3.39. The molecule has 0 amide bonds. The molecule has 0 aliphatic carbocycles. The van der Waals surface area contributed by atoms with Crippen LogP contribution in [0.15, 0.2) is 12.3 Å². The van der Waals surface area contributed by atoms with E-state index in [1.165, 1.54) is 0 Å². The molecule has 0 radical (unpaired) electrons. The van der Waals surface area contributed by atoms with Gasteiger partial charge in [-0.2, -0.15) is 4.68 Å². The number of hydrogen-bond acceptors (Lipinski definition) is 5. The van der Waals surface area contributed by atoms with Crippen LogP contribution in [0.4, 0.5) is 18.0 Å². The number of rotatable bonds is 2. The molecule has 1 aromatic rings. The summed E-state index contributed by atoms with van der Waals surface area (Å²) in [5.41, 5.74) is -0.744. The second-order valence-corrected chi connectivity index (χ2v) is 4.19. The second-order valence-electron chi connectivity index (χ2n) is 4.19. The molecular formula is C9H11F3N2O4. The molecule has 0 aromatic carbocycles. The van der Waals surface area contributed by atoms with Gasteiger partial charge in [-0.3, -0.25) is 0 Å². The molecule has 0 fully saturated rings. The Morgan fingerprint density at radius 1 is 1.33 bits per heavy atom. The van der Waals surface area contributed by atoms with Crippen LogP contribution in [-0.2, 0) is 9.62 Å². The molecule has 1 aromatic heterocycles. The van der Waals surface area contributed by atoms with Crippen LogP contribution in [-0.4, -0.2) is 27.8 Å². The number of halogens is 3. The van der Waals surface area contributed by atoms with Gasteiger partial charge in [0.2, 0.25) is 0 Å². The van der Waals surface area contributed by atoms with E-state index < -0.39 is 23.9 Å². The van der Waals surface area contributed by atoms with Crippen LogP contribution in [0.1, 0.15) is 20.8 Å². The monoisotopic (exact) mass is 268 g/mol. The molecule has 9 heteroatoms. The Hall–Kier alpha value is -1.77. The topological polar surface area (TPSA) is 62.6 Å². The minimum Gasteiger partial charge on any atom is -0.442 e. The first-order valence-corrected chi connectivity index (χ1v) is 4.78. The first kappa shape index (κ1) is 14.3. The van der Waals surface area contributed by atoms with Crippen LogP contribution in [0.25, 0.3) is 0 Å². The highest BCUT2D eigenvalue weighted by Crippen LogP contribution is 2.18. The maximum atomic E-state index is 11.7. The largest absolute Gasteiger partial charge is 0.558 e. The molecule has 0 aliphatic rings. The van der Waals surface area contributed by atoms with E-state index in [9.17, 15) is 18.0 Å². The molecule has 0 atom stereocenters. The average molecular weight is 268 g/mol. The number of carbonyl (C=O) groups excluding carboxylic acids is 1. The predicted molar refractivity (Wildman–Crippen MR) is 51.6 cm³/mol. The number of nitrogens with zero attached hydrogens (tertiary/aromatic N) is 2. The standard InChI is InChI=1S/C9H11F3N2O4/c1-8(2,3)16-7(15)14-5-4-6(13-14)17-18-9(10,11)12/h4-5H,1-3H3. The fraction of sp³-hybridized carbons (Fsp3) is 0.556. The zero-order valence-electron chi connectivity index (χ0n) is 9.82.